The number of carbonyl (C=O) groups excluding carboxylic acids is 1. The van der Waals surface area contributed by atoms with E-state index in [0.29, 0.717) is 16.7 Å². The molecule has 0 atom stereocenters. The summed E-state index contributed by atoms with van der Waals surface area (Å²) in [7, 11) is 0. The smallest absolute Gasteiger partial charge is 0.181 e. The lowest BCUT2D eigenvalue weighted by Crippen LogP contribution is -2.51. The number of aliphatic hydroxyl groups is 1. The molecule has 0 bridgehead atoms. The van der Waals surface area contributed by atoms with Crippen LogP contribution in [-0.2, 0) is 4.74 Å². The van der Waals surface area contributed by atoms with Crippen molar-refractivity contribution in [2.24, 2.45) is 5.41 Å². The second-order valence-corrected chi connectivity index (χ2v) is 4.30. The van der Waals surface area contributed by atoms with Gasteiger partial charge in [0, 0.05) is 5.56 Å². The zero-order valence-corrected chi connectivity index (χ0v) is 9.05. The Morgan fingerprint density at radius 3 is 2.94 bits per heavy atom. The number of benzene rings is 1. The summed E-state index contributed by atoms with van der Waals surface area (Å²) in [5, 5.41) is 9.30. The van der Waals surface area contributed by atoms with Crippen molar-refractivity contribution in [3.8, 4) is 0 Å². The molecule has 2 heterocycles. The van der Waals surface area contributed by atoms with Crippen molar-refractivity contribution in [1.29, 1.82) is 0 Å². The maximum atomic E-state index is 12.2. The van der Waals surface area contributed by atoms with Crippen LogP contribution in [0.4, 0.5) is 0 Å². The fraction of sp³-hybridized carbons (Fsp3) is 0.333. The maximum Gasteiger partial charge on any atom is 0.181 e. The minimum atomic E-state index is -0.770. The van der Waals surface area contributed by atoms with Gasteiger partial charge in [-0.25, -0.2) is 4.98 Å². The van der Waals surface area contributed by atoms with Gasteiger partial charge in [-0.3, -0.25) is 4.79 Å². The Hall–Kier alpha value is -1.72. The van der Waals surface area contributed by atoms with Crippen molar-refractivity contribution in [2.75, 3.05) is 19.8 Å². The number of hydrogen-bond acceptors (Lipinski definition) is 5. The molecule has 0 unspecified atom stereocenters. The van der Waals surface area contributed by atoms with Crippen LogP contribution in [0.2, 0.25) is 0 Å². The van der Waals surface area contributed by atoms with Gasteiger partial charge in [0.25, 0.3) is 0 Å². The molecule has 1 aliphatic heterocycles. The highest BCUT2D eigenvalue weighted by atomic mass is 16.5. The van der Waals surface area contributed by atoms with Crippen molar-refractivity contribution in [2.45, 2.75) is 0 Å². The van der Waals surface area contributed by atoms with Crippen LogP contribution in [0.5, 0.6) is 0 Å². The largest absolute Gasteiger partial charge is 0.443 e. The van der Waals surface area contributed by atoms with Crippen LogP contribution in [0.1, 0.15) is 10.4 Å². The zero-order chi connectivity index (χ0) is 11.9. The number of aliphatic hydroxyl groups excluding tert-OH is 1. The van der Waals surface area contributed by atoms with E-state index < -0.39 is 5.41 Å². The number of Topliss-reactive ketones (excluding diaryl/α,β-unsaturated/α-hetero) is 1. The molecule has 1 aromatic carbocycles. The van der Waals surface area contributed by atoms with Crippen LogP contribution in [0.25, 0.3) is 11.1 Å². The lowest BCUT2D eigenvalue weighted by molar-refractivity contribution is -0.109. The summed E-state index contributed by atoms with van der Waals surface area (Å²) < 4.78 is 10.2. The van der Waals surface area contributed by atoms with E-state index in [1.54, 1.807) is 18.2 Å². The summed E-state index contributed by atoms with van der Waals surface area (Å²) >= 11 is 0. The fourth-order valence-corrected chi connectivity index (χ4v) is 1.95. The quantitative estimate of drug-likeness (QED) is 0.801. The molecule has 0 saturated carbocycles. The lowest BCUT2D eigenvalue weighted by atomic mass is 9.79. The second-order valence-electron chi connectivity index (χ2n) is 4.30. The Labute approximate surface area is 97.0 Å². The number of oxazole rings is 1. The summed E-state index contributed by atoms with van der Waals surface area (Å²) in [4.78, 5) is 16.2. The third-order valence-corrected chi connectivity index (χ3v) is 3.13. The molecule has 0 spiro atoms. The Morgan fingerprint density at radius 1 is 1.47 bits per heavy atom. The molecule has 17 heavy (non-hydrogen) atoms. The highest BCUT2D eigenvalue weighted by Crippen LogP contribution is 2.31. The molecule has 0 amide bonds. The van der Waals surface area contributed by atoms with Crippen LogP contribution in [0.3, 0.4) is 0 Å². The van der Waals surface area contributed by atoms with E-state index in [1.165, 1.54) is 6.39 Å². The molecule has 3 rings (SSSR count). The highest BCUT2D eigenvalue weighted by molar-refractivity contribution is 6.03. The predicted octanol–water partition coefficient (Wildman–Crippen LogP) is 1.02. The maximum absolute atomic E-state index is 12.2. The predicted molar refractivity (Wildman–Crippen MR) is 58.7 cm³/mol. The van der Waals surface area contributed by atoms with E-state index in [4.69, 9.17) is 9.15 Å². The molecular weight excluding hydrogens is 222 g/mol. The number of carbonyl (C=O) groups is 1. The Balaban J connectivity index is 2.00. The topological polar surface area (TPSA) is 72.6 Å². The molecule has 5 nitrogen and oxygen atoms in total. The zero-order valence-electron chi connectivity index (χ0n) is 9.05. The van der Waals surface area contributed by atoms with Crippen LogP contribution >= 0.6 is 0 Å². The minimum Gasteiger partial charge on any atom is -0.443 e. The number of ether oxygens (including phenoxy) is 1. The van der Waals surface area contributed by atoms with Crippen molar-refractivity contribution in [3.05, 3.63) is 30.2 Å². The van der Waals surface area contributed by atoms with Crippen molar-refractivity contribution in [3.63, 3.8) is 0 Å². The van der Waals surface area contributed by atoms with Gasteiger partial charge in [-0.1, -0.05) is 0 Å². The van der Waals surface area contributed by atoms with Gasteiger partial charge in [-0.05, 0) is 18.2 Å². The summed E-state index contributed by atoms with van der Waals surface area (Å²) in [5.41, 5.74) is 1.04. The van der Waals surface area contributed by atoms with Gasteiger partial charge in [0.1, 0.15) is 10.9 Å². The molecule has 88 valence electrons. The highest BCUT2D eigenvalue weighted by Gasteiger charge is 2.45. The standard InChI is InChI=1S/C12H11NO4/c14-4-12(5-16-6-12)11(15)8-1-2-9-10(3-8)17-7-13-9/h1-3,7,14H,4-6H2. The van der Waals surface area contributed by atoms with E-state index in [2.05, 4.69) is 4.98 Å². The first-order valence-corrected chi connectivity index (χ1v) is 5.32. The lowest BCUT2D eigenvalue weighted by Gasteiger charge is -2.38. The number of nitrogens with zero attached hydrogens (tertiary/aromatic N) is 1. The van der Waals surface area contributed by atoms with Crippen molar-refractivity contribution >= 4 is 16.9 Å². The number of hydrogen-bond donors (Lipinski definition) is 1. The van der Waals surface area contributed by atoms with Gasteiger partial charge in [0.05, 0.1) is 19.8 Å². The van der Waals surface area contributed by atoms with Crippen LogP contribution in [0, 0.1) is 5.41 Å². The normalized spacial score (nSPS) is 17.9. The second kappa shape index (κ2) is 3.65. The van der Waals surface area contributed by atoms with Gasteiger partial charge in [0.15, 0.2) is 17.8 Å². The van der Waals surface area contributed by atoms with Gasteiger partial charge in [-0.15, -0.1) is 0 Å². The van der Waals surface area contributed by atoms with Gasteiger partial charge in [0.2, 0.25) is 0 Å². The first kappa shape index (κ1) is 10.4. The van der Waals surface area contributed by atoms with E-state index in [1.807, 2.05) is 0 Å². The third-order valence-electron chi connectivity index (χ3n) is 3.13. The molecule has 1 saturated heterocycles. The minimum absolute atomic E-state index is 0.107. The molecule has 0 radical (unpaired) electrons. The van der Waals surface area contributed by atoms with Crippen molar-refractivity contribution < 1.29 is 19.1 Å². The molecule has 5 heteroatoms. The van der Waals surface area contributed by atoms with E-state index in [0.717, 1.165) is 0 Å². The van der Waals surface area contributed by atoms with Crippen LogP contribution in [-0.4, -0.2) is 35.7 Å². The third kappa shape index (κ3) is 1.47. The van der Waals surface area contributed by atoms with Crippen molar-refractivity contribution in [1.82, 2.24) is 4.98 Å². The summed E-state index contributed by atoms with van der Waals surface area (Å²) in [5.74, 6) is -0.107. The first-order valence-electron chi connectivity index (χ1n) is 5.32. The van der Waals surface area contributed by atoms with Crippen LogP contribution in [0.15, 0.2) is 29.0 Å². The van der Waals surface area contributed by atoms with Crippen LogP contribution < -0.4 is 0 Å². The molecule has 1 N–H and O–H groups in total. The van der Waals surface area contributed by atoms with E-state index >= 15 is 0 Å². The van der Waals surface area contributed by atoms with Gasteiger partial charge in [-0.2, -0.15) is 0 Å². The number of rotatable bonds is 3. The fourth-order valence-electron chi connectivity index (χ4n) is 1.95. The molecule has 0 aliphatic carbocycles. The summed E-state index contributed by atoms with van der Waals surface area (Å²) in [6, 6.07) is 5.08. The average molecular weight is 233 g/mol. The monoisotopic (exact) mass is 233 g/mol. The van der Waals surface area contributed by atoms with Gasteiger partial charge < -0.3 is 14.3 Å². The number of fused-ring (bicyclic) bond motifs is 1. The summed E-state index contributed by atoms with van der Waals surface area (Å²) in [6.45, 7) is 0.355. The average Bonchev–Trinajstić information content (AvgIpc) is 2.74. The number of aromatic nitrogens is 1. The Morgan fingerprint density at radius 2 is 2.29 bits per heavy atom. The van der Waals surface area contributed by atoms with E-state index in [-0.39, 0.29) is 25.6 Å². The Kier molecular flexibility index (Phi) is 2.24. The number of ketones is 1. The molecule has 2 aromatic rings. The summed E-state index contributed by atoms with van der Waals surface area (Å²) in [6.07, 6.45) is 1.34. The van der Waals surface area contributed by atoms with Gasteiger partial charge >= 0.3 is 0 Å². The Bertz CT molecular complexity index is 565. The molecule has 1 aliphatic rings. The first-order chi connectivity index (χ1) is 8.25. The molecular formula is C12H11NO4. The SMILES string of the molecule is O=C(c1ccc2ncoc2c1)C1(CO)COC1. The molecule has 1 aromatic heterocycles. The van der Waals surface area contributed by atoms with E-state index in [9.17, 15) is 9.90 Å². The molecule has 1 fully saturated rings.